The van der Waals surface area contributed by atoms with Crippen molar-refractivity contribution in [2.45, 2.75) is 18.6 Å². The van der Waals surface area contributed by atoms with Crippen LogP contribution in [0.1, 0.15) is 6.42 Å². The summed E-state index contributed by atoms with van der Waals surface area (Å²) in [6, 6.07) is 9.72. The fraction of sp³-hybridized carbons (Fsp3) is 0.250. The van der Waals surface area contributed by atoms with Crippen LogP contribution in [0.3, 0.4) is 0 Å². The summed E-state index contributed by atoms with van der Waals surface area (Å²) < 4.78 is 5.28. The van der Waals surface area contributed by atoms with Crippen LogP contribution in [-0.4, -0.2) is 18.2 Å². The SMILES string of the molecule is O=C1O[C@H]2CC=C[C@H]2N1c1ccccc1. The van der Waals surface area contributed by atoms with Gasteiger partial charge in [-0.25, -0.2) is 4.79 Å². The monoisotopic (exact) mass is 201 g/mol. The molecule has 0 unspecified atom stereocenters. The van der Waals surface area contributed by atoms with Crippen molar-refractivity contribution in [3.05, 3.63) is 42.5 Å². The quantitative estimate of drug-likeness (QED) is 0.653. The fourth-order valence-electron chi connectivity index (χ4n) is 2.16. The van der Waals surface area contributed by atoms with E-state index in [2.05, 4.69) is 6.08 Å². The molecule has 0 bridgehead atoms. The highest BCUT2D eigenvalue weighted by molar-refractivity contribution is 5.91. The van der Waals surface area contributed by atoms with Crippen molar-refractivity contribution in [1.82, 2.24) is 0 Å². The number of carbonyl (C=O) groups excluding carboxylic acids is 1. The zero-order chi connectivity index (χ0) is 10.3. The minimum Gasteiger partial charge on any atom is -0.443 e. The molecule has 0 radical (unpaired) electrons. The molecule has 3 nitrogen and oxygen atoms in total. The Bertz CT molecular complexity index is 413. The molecule has 1 aliphatic carbocycles. The highest BCUT2D eigenvalue weighted by Gasteiger charge is 2.42. The van der Waals surface area contributed by atoms with Crippen molar-refractivity contribution < 1.29 is 9.53 Å². The molecule has 1 saturated heterocycles. The predicted octanol–water partition coefficient (Wildman–Crippen LogP) is 2.34. The van der Waals surface area contributed by atoms with Crippen LogP contribution in [0.25, 0.3) is 0 Å². The van der Waals surface area contributed by atoms with E-state index in [1.54, 1.807) is 4.90 Å². The number of hydrogen-bond acceptors (Lipinski definition) is 2. The third kappa shape index (κ3) is 1.23. The van der Waals surface area contributed by atoms with Crippen LogP contribution in [0.15, 0.2) is 42.5 Å². The van der Waals surface area contributed by atoms with E-state index in [4.69, 9.17) is 4.74 Å². The predicted molar refractivity (Wildman–Crippen MR) is 56.7 cm³/mol. The zero-order valence-electron chi connectivity index (χ0n) is 8.17. The largest absolute Gasteiger partial charge is 0.443 e. The van der Waals surface area contributed by atoms with Gasteiger partial charge in [0, 0.05) is 12.1 Å². The molecular weight excluding hydrogens is 190 g/mol. The van der Waals surface area contributed by atoms with E-state index < -0.39 is 0 Å². The van der Waals surface area contributed by atoms with Gasteiger partial charge in [0.25, 0.3) is 0 Å². The molecule has 3 heteroatoms. The number of ether oxygens (including phenoxy) is 1. The topological polar surface area (TPSA) is 29.5 Å². The lowest BCUT2D eigenvalue weighted by Crippen LogP contribution is -2.32. The van der Waals surface area contributed by atoms with Crippen molar-refractivity contribution in [3.63, 3.8) is 0 Å². The lowest BCUT2D eigenvalue weighted by molar-refractivity contribution is 0.140. The van der Waals surface area contributed by atoms with E-state index in [-0.39, 0.29) is 18.2 Å². The lowest BCUT2D eigenvalue weighted by atomic mass is 10.2. The molecule has 1 amide bonds. The Labute approximate surface area is 88.0 Å². The average Bonchev–Trinajstić information content (AvgIpc) is 2.78. The number of para-hydroxylation sites is 1. The molecule has 1 fully saturated rings. The van der Waals surface area contributed by atoms with Crippen LogP contribution >= 0.6 is 0 Å². The number of rotatable bonds is 1. The van der Waals surface area contributed by atoms with Crippen LogP contribution in [0.2, 0.25) is 0 Å². The normalized spacial score (nSPS) is 28.0. The van der Waals surface area contributed by atoms with Gasteiger partial charge in [0.05, 0.1) is 6.04 Å². The Morgan fingerprint density at radius 1 is 1.27 bits per heavy atom. The fourth-order valence-corrected chi connectivity index (χ4v) is 2.16. The molecule has 2 atom stereocenters. The van der Waals surface area contributed by atoms with Gasteiger partial charge in [0.15, 0.2) is 0 Å². The number of anilines is 1. The summed E-state index contributed by atoms with van der Waals surface area (Å²) in [4.78, 5) is 13.4. The van der Waals surface area contributed by atoms with Crippen LogP contribution < -0.4 is 4.90 Å². The first-order valence-electron chi connectivity index (χ1n) is 5.08. The Morgan fingerprint density at radius 2 is 2.07 bits per heavy atom. The van der Waals surface area contributed by atoms with Crippen LogP contribution in [0.5, 0.6) is 0 Å². The third-order valence-electron chi connectivity index (χ3n) is 2.86. The number of amides is 1. The first kappa shape index (κ1) is 8.53. The summed E-state index contributed by atoms with van der Waals surface area (Å²) in [5, 5.41) is 0. The van der Waals surface area contributed by atoms with E-state index in [1.165, 1.54) is 0 Å². The molecule has 1 aliphatic heterocycles. The van der Waals surface area contributed by atoms with E-state index in [1.807, 2.05) is 36.4 Å². The van der Waals surface area contributed by atoms with E-state index in [9.17, 15) is 4.79 Å². The van der Waals surface area contributed by atoms with Gasteiger partial charge >= 0.3 is 6.09 Å². The number of carbonyl (C=O) groups is 1. The van der Waals surface area contributed by atoms with Gasteiger partial charge in [0.1, 0.15) is 6.10 Å². The minimum absolute atomic E-state index is 0.0118. The summed E-state index contributed by atoms with van der Waals surface area (Å²) in [6.07, 6.45) is 4.72. The maximum Gasteiger partial charge on any atom is 0.415 e. The van der Waals surface area contributed by atoms with Crippen molar-refractivity contribution in [2.24, 2.45) is 0 Å². The van der Waals surface area contributed by atoms with Crippen molar-refractivity contribution in [2.75, 3.05) is 4.90 Å². The third-order valence-corrected chi connectivity index (χ3v) is 2.86. The molecule has 2 aliphatic rings. The molecule has 1 aromatic carbocycles. The van der Waals surface area contributed by atoms with Gasteiger partial charge in [-0.2, -0.15) is 0 Å². The number of nitrogens with zero attached hydrogens (tertiary/aromatic N) is 1. The Balaban J connectivity index is 1.98. The van der Waals surface area contributed by atoms with Gasteiger partial charge in [-0.3, -0.25) is 4.90 Å². The molecule has 0 saturated carbocycles. The summed E-state index contributed by atoms with van der Waals surface area (Å²) in [5.74, 6) is 0. The minimum atomic E-state index is -0.236. The van der Waals surface area contributed by atoms with Gasteiger partial charge in [-0.05, 0) is 12.1 Å². The summed E-state index contributed by atoms with van der Waals surface area (Å²) in [6.45, 7) is 0. The Kier molecular flexibility index (Phi) is 1.78. The summed E-state index contributed by atoms with van der Waals surface area (Å²) >= 11 is 0. The summed E-state index contributed by atoms with van der Waals surface area (Å²) in [7, 11) is 0. The van der Waals surface area contributed by atoms with Crippen molar-refractivity contribution in [1.29, 1.82) is 0 Å². The average molecular weight is 201 g/mol. The van der Waals surface area contributed by atoms with E-state index >= 15 is 0 Å². The molecule has 76 valence electrons. The van der Waals surface area contributed by atoms with Gasteiger partial charge in [0.2, 0.25) is 0 Å². The molecule has 15 heavy (non-hydrogen) atoms. The van der Waals surface area contributed by atoms with Crippen LogP contribution in [-0.2, 0) is 4.74 Å². The van der Waals surface area contributed by atoms with Gasteiger partial charge < -0.3 is 4.74 Å². The summed E-state index contributed by atoms with van der Waals surface area (Å²) in [5.41, 5.74) is 0.904. The number of benzene rings is 1. The zero-order valence-corrected chi connectivity index (χ0v) is 8.17. The second kappa shape index (κ2) is 3.12. The molecule has 1 aromatic rings. The lowest BCUT2D eigenvalue weighted by Gasteiger charge is -2.18. The first-order valence-corrected chi connectivity index (χ1v) is 5.08. The first-order chi connectivity index (χ1) is 7.36. The number of fused-ring (bicyclic) bond motifs is 1. The van der Waals surface area contributed by atoms with E-state index in [0.717, 1.165) is 12.1 Å². The highest BCUT2D eigenvalue weighted by Crippen LogP contribution is 2.32. The standard InChI is InChI=1S/C12H11NO2/c14-12-13(9-5-2-1-3-6-9)10-7-4-8-11(10)15-12/h1-7,10-11H,8H2/t10-,11+/m1/s1. The molecular formula is C12H11NO2. The van der Waals surface area contributed by atoms with E-state index in [0.29, 0.717) is 0 Å². The highest BCUT2D eigenvalue weighted by atomic mass is 16.6. The maximum atomic E-state index is 11.7. The second-order valence-corrected chi connectivity index (χ2v) is 3.78. The molecule has 0 N–H and O–H groups in total. The molecule has 0 aromatic heterocycles. The molecule has 3 rings (SSSR count). The second-order valence-electron chi connectivity index (χ2n) is 3.78. The van der Waals surface area contributed by atoms with Crippen LogP contribution in [0.4, 0.5) is 10.5 Å². The number of hydrogen-bond donors (Lipinski definition) is 0. The van der Waals surface area contributed by atoms with Crippen molar-refractivity contribution >= 4 is 11.8 Å². The molecule has 0 spiro atoms. The smallest absolute Gasteiger partial charge is 0.415 e. The van der Waals surface area contributed by atoms with Crippen molar-refractivity contribution in [3.8, 4) is 0 Å². The molecule has 1 heterocycles. The van der Waals surface area contributed by atoms with Gasteiger partial charge in [-0.1, -0.05) is 30.4 Å². The van der Waals surface area contributed by atoms with Gasteiger partial charge in [-0.15, -0.1) is 0 Å². The maximum absolute atomic E-state index is 11.7. The van der Waals surface area contributed by atoms with Crippen LogP contribution in [0, 0.1) is 0 Å². The Morgan fingerprint density at radius 3 is 2.87 bits per heavy atom. The Hall–Kier alpha value is -1.77.